The quantitative estimate of drug-likeness (QED) is 0.647. The second-order valence-corrected chi connectivity index (χ2v) is 7.51. The molecule has 2 aliphatic rings. The summed E-state index contributed by atoms with van der Waals surface area (Å²) in [5.41, 5.74) is 7.69. The van der Waals surface area contributed by atoms with Gasteiger partial charge < -0.3 is 19.9 Å². The molecule has 2 aromatic heterocycles. The monoisotopic (exact) mass is 392 g/mol. The standard InChI is InChI=1S/C20H20N6O3/c21-18-17-19(23-10-22-18)25(11-24-17)8-16(27)26-14-6-13(14)7-15(26)20(28)29-9-12-4-2-1-3-5-12/h1-5,10-11,13-15H,6-9H2,(H2,21,22,23)/t13-,14?,15+/m1/s1. The average molecular weight is 392 g/mol. The van der Waals surface area contributed by atoms with Gasteiger partial charge in [0, 0.05) is 6.04 Å². The van der Waals surface area contributed by atoms with E-state index in [2.05, 4.69) is 15.0 Å². The molecule has 0 bridgehead atoms. The van der Waals surface area contributed by atoms with Gasteiger partial charge in [0.15, 0.2) is 11.5 Å². The third-order valence-corrected chi connectivity index (χ3v) is 5.62. The number of anilines is 1. The lowest BCUT2D eigenvalue weighted by Gasteiger charge is -2.26. The van der Waals surface area contributed by atoms with E-state index in [9.17, 15) is 9.59 Å². The summed E-state index contributed by atoms with van der Waals surface area (Å²) in [5, 5.41) is 0. The van der Waals surface area contributed by atoms with Crippen molar-refractivity contribution in [3.05, 3.63) is 48.5 Å². The normalized spacial score (nSPS) is 22.5. The van der Waals surface area contributed by atoms with E-state index in [1.165, 1.54) is 12.7 Å². The van der Waals surface area contributed by atoms with Gasteiger partial charge in [0.1, 0.15) is 31.0 Å². The Labute approximate surface area is 166 Å². The molecular weight excluding hydrogens is 372 g/mol. The summed E-state index contributed by atoms with van der Waals surface area (Å²) < 4.78 is 7.13. The van der Waals surface area contributed by atoms with Gasteiger partial charge in [-0.05, 0) is 24.3 Å². The molecule has 1 aromatic carbocycles. The van der Waals surface area contributed by atoms with E-state index in [4.69, 9.17) is 10.5 Å². The van der Waals surface area contributed by atoms with Gasteiger partial charge in [0.25, 0.3) is 0 Å². The fraction of sp³-hybridized carbons (Fsp3) is 0.350. The molecule has 9 heteroatoms. The van der Waals surface area contributed by atoms with E-state index in [0.717, 1.165) is 12.0 Å². The highest BCUT2D eigenvalue weighted by atomic mass is 16.5. The van der Waals surface area contributed by atoms with E-state index in [0.29, 0.717) is 23.5 Å². The number of aromatic nitrogens is 4. The van der Waals surface area contributed by atoms with Crippen LogP contribution in [0.25, 0.3) is 11.2 Å². The van der Waals surface area contributed by atoms with Crippen LogP contribution in [0.3, 0.4) is 0 Å². The van der Waals surface area contributed by atoms with Crippen LogP contribution in [0.2, 0.25) is 0 Å². The lowest BCUT2D eigenvalue weighted by atomic mass is 10.1. The molecule has 0 radical (unpaired) electrons. The van der Waals surface area contributed by atoms with Crippen LogP contribution in [0, 0.1) is 5.92 Å². The predicted molar refractivity (Wildman–Crippen MR) is 103 cm³/mol. The highest BCUT2D eigenvalue weighted by Crippen LogP contribution is 2.48. The van der Waals surface area contributed by atoms with Crippen LogP contribution in [0.1, 0.15) is 18.4 Å². The average Bonchev–Trinajstić information content (AvgIpc) is 3.20. The predicted octanol–water partition coefficient (Wildman–Crippen LogP) is 1.14. The van der Waals surface area contributed by atoms with E-state index < -0.39 is 6.04 Å². The molecular formula is C20H20N6O3. The Morgan fingerprint density at radius 2 is 1.97 bits per heavy atom. The largest absolute Gasteiger partial charge is 0.459 e. The van der Waals surface area contributed by atoms with Crippen molar-refractivity contribution >= 4 is 28.9 Å². The zero-order chi connectivity index (χ0) is 20.0. The van der Waals surface area contributed by atoms with Gasteiger partial charge in [-0.3, -0.25) is 4.79 Å². The number of piperidine rings is 1. The first-order valence-electron chi connectivity index (χ1n) is 9.55. The fourth-order valence-corrected chi connectivity index (χ4v) is 4.09. The van der Waals surface area contributed by atoms with E-state index in [1.807, 2.05) is 30.3 Å². The smallest absolute Gasteiger partial charge is 0.329 e. The number of amides is 1. The number of ether oxygens (including phenoxy) is 1. The van der Waals surface area contributed by atoms with Crippen LogP contribution in [-0.2, 0) is 27.5 Å². The molecule has 2 N–H and O–H groups in total. The molecule has 3 heterocycles. The molecule has 0 spiro atoms. The van der Waals surface area contributed by atoms with Crippen molar-refractivity contribution in [3.8, 4) is 0 Å². The number of hydrogen-bond acceptors (Lipinski definition) is 7. The van der Waals surface area contributed by atoms with Crippen molar-refractivity contribution in [1.29, 1.82) is 0 Å². The lowest BCUT2D eigenvalue weighted by molar-refractivity contribution is -0.155. The molecule has 1 unspecified atom stereocenters. The first kappa shape index (κ1) is 17.6. The van der Waals surface area contributed by atoms with Crippen molar-refractivity contribution in [2.24, 2.45) is 5.92 Å². The Morgan fingerprint density at radius 3 is 2.79 bits per heavy atom. The number of carbonyl (C=O) groups is 2. The molecule has 1 amide bonds. The zero-order valence-corrected chi connectivity index (χ0v) is 15.6. The van der Waals surface area contributed by atoms with Crippen molar-refractivity contribution in [2.45, 2.75) is 38.1 Å². The maximum atomic E-state index is 13.1. The number of nitrogens with zero attached hydrogens (tertiary/aromatic N) is 5. The number of esters is 1. The second-order valence-electron chi connectivity index (χ2n) is 7.51. The number of nitrogens with two attached hydrogens (primary N) is 1. The first-order valence-corrected chi connectivity index (χ1v) is 9.55. The van der Waals surface area contributed by atoms with Gasteiger partial charge in [-0.25, -0.2) is 19.7 Å². The van der Waals surface area contributed by atoms with E-state index in [1.54, 1.807) is 9.47 Å². The Bertz CT molecular complexity index is 1080. The summed E-state index contributed by atoms with van der Waals surface area (Å²) >= 11 is 0. The number of benzene rings is 1. The van der Waals surface area contributed by atoms with Crippen molar-refractivity contribution in [3.63, 3.8) is 0 Å². The summed E-state index contributed by atoms with van der Waals surface area (Å²) in [6.07, 6.45) is 4.46. The Kier molecular flexibility index (Phi) is 4.15. The molecule has 29 heavy (non-hydrogen) atoms. The summed E-state index contributed by atoms with van der Waals surface area (Å²) in [6.45, 7) is 0.245. The highest BCUT2D eigenvalue weighted by Gasteiger charge is 2.56. The minimum absolute atomic E-state index is 0.0403. The van der Waals surface area contributed by atoms with Crippen molar-refractivity contribution < 1.29 is 14.3 Å². The topological polar surface area (TPSA) is 116 Å². The zero-order valence-electron chi connectivity index (χ0n) is 15.6. The van der Waals surface area contributed by atoms with Crippen LogP contribution in [0.5, 0.6) is 0 Å². The number of rotatable bonds is 5. The molecule has 9 nitrogen and oxygen atoms in total. The van der Waals surface area contributed by atoms with Crippen LogP contribution in [0.15, 0.2) is 43.0 Å². The van der Waals surface area contributed by atoms with Crippen LogP contribution in [-0.4, -0.2) is 48.4 Å². The molecule has 3 aromatic rings. The van der Waals surface area contributed by atoms with Crippen molar-refractivity contribution in [2.75, 3.05) is 5.73 Å². The van der Waals surface area contributed by atoms with Gasteiger partial charge in [-0.1, -0.05) is 30.3 Å². The molecule has 5 rings (SSSR count). The molecule has 1 aliphatic carbocycles. The van der Waals surface area contributed by atoms with E-state index in [-0.39, 0.29) is 36.9 Å². The summed E-state index contributed by atoms with van der Waals surface area (Å²) in [5.74, 6) is 0.155. The second kappa shape index (κ2) is 6.84. The molecule has 2 fully saturated rings. The number of carbonyl (C=O) groups excluding carboxylic acids is 2. The number of fused-ring (bicyclic) bond motifs is 2. The highest BCUT2D eigenvalue weighted by molar-refractivity contribution is 5.88. The Balaban J connectivity index is 1.30. The van der Waals surface area contributed by atoms with Gasteiger partial charge in [0.2, 0.25) is 5.91 Å². The van der Waals surface area contributed by atoms with Crippen LogP contribution >= 0.6 is 0 Å². The summed E-state index contributed by atoms with van der Waals surface area (Å²) in [7, 11) is 0. The molecule has 1 saturated heterocycles. The summed E-state index contributed by atoms with van der Waals surface area (Å²) in [4.78, 5) is 39.7. The van der Waals surface area contributed by atoms with Gasteiger partial charge in [-0.2, -0.15) is 0 Å². The number of likely N-dealkylation sites (tertiary alicyclic amines) is 1. The maximum Gasteiger partial charge on any atom is 0.329 e. The molecule has 1 aliphatic heterocycles. The molecule has 1 saturated carbocycles. The van der Waals surface area contributed by atoms with Gasteiger partial charge >= 0.3 is 5.97 Å². The number of hydrogen-bond donors (Lipinski definition) is 1. The first-order chi connectivity index (χ1) is 14.1. The maximum absolute atomic E-state index is 13.1. The number of imidazole rings is 1. The lowest BCUT2D eigenvalue weighted by Crippen LogP contribution is -2.45. The third kappa shape index (κ3) is 3.18. The fourth-order valence-electron chi connectivity index (χ4n) is 4.09. The molecule has 3 atom stereocenters. The Hall–Kier alpha value is -3.49. The summed E-state index contributed by atoms with van der Waals surface area (Å²) in [6, 6.07) is 9.09. The Morgan fingerprint density at radius 1 is 1.14 bits per heavy atom. The minimum atomic E-state index is -0.538. The van der Waals surface area contributed by atoms with Crippen LogP contribution in [0.4, 0.5) is 5.82 Å². The van der Waals surface area contributed by atoms with Gasteiger partial charge in [-0.15, -0.1) is 0 Å². The van der Waals surface area contributed by atoms with Crippen molar-refractivity contribution in [1.82, 2.24) is 24.4 Å². The van der Waals surface area contributed by atoms with Gasteiger partial charge in [0.05, 0.1) is 6.33 Å². The van der Waals surface area contributed by atoms with Crippen LogP contribution < -0.4 is 5.73 Å². The van der Waals surface area contributed by atoms with E-state index >= 15 is 0 Å². The molecule has 148 valence electrons. The minimum Gasteiger partial charge on any atom is -0.459 e. The SMILES string of the molecule is Nc1ncnc2c1ncn2CC(=O)N1C2C[C@@H]2C[C@H]1C(=O)OCc1ccccc1. The third-order valence-electron chi connectivity index (χ3n) is 5.62. The number of nitrogen functional groups attached to an aromatic ring is 1.